The van der Waals surface area contributed by atoms with Crippen LogP contribution in [0.2, 0.25) is 0 Å². The highest BCUT2D eigenvalue weighted by Crippen LogP contribution is 2.49. The summed E-state index contributed by atoms with van der Waals surface area (Å²) in [6.07, 6.45) is 2.87. The quantitative estimate of drug-likeness (QED) is 0.535. The lowest BCUT2D eigenvalue weighted by atomic mass is 9.63. The fourth-order valence-electron chi connectivity index (χ4n) is 3.57. The molecular weight excluding hydrogens is 180 g/mol. The van der Waals surface area contributed by atoms with Gasteiger partial charge in [-0.05, 0) is 41.4 Å². The van der Waals surface area contributed by atoms with Crippen molar-refractivity contribution in [1.82, 2.24) is 0 Å². The van der Waals surface area contributed by atoms with Crippen LogP contribution in [-0.4, -0.2) is 0 Å². The van der Waals surface area contributed by atoms with Crippen LogP contribution < -0.4 is 0 Å². The highest BCUT2D eigenvalue weighted by molar-refractivity contribution is 4.91. The molecule has 15 heavy (non-hydrogen) atoms. The maximum atomic E-state index is 2.49. The molecule has 0 spiro atoms. The van der Waals surface area contributed by atoms with E-state index in [1.54, 1.807) is 0 Å². The molecule has 1 rings (SSSR count). The smallest absolute Gasteiger partial charge is 0.0298 e. The third kappa shape index (κ3) is 2.40. The van der Waals surface area contributed by atoms with E-state index in [0.717, 1.165) is 29.6 Å². The Bertz CT molecular complexity index is 202. The van der Waals surface area contributed by atoms with Gasteiger partial charge in [-0.15, -0.1) is 0 Å². The third-order valence-corrected chi connectivity index (χ3v) is 5.65. The average molecular weight is 210 g/mol. The molecule has 0 aromatic heterocycles. The molecule has 0 aliphatic heterocycles. The normalized spacial score (nSPS) is 41.6. The summed E-state index contributed by atoms with van der Waals surface area (Å²) in [5, 5.41) is 0. The minimum absolute atomic E-state index is 0.505. The molecule has 0 bridgehead atoms. The third-order valence-electron chi connectivity index (χ3n) is 5.65. The molecule has 1 fully saturated rings. The molecule has 0 N–H and O–H groups in total. The van der Waals surface area contributed by atoms with E-state index in [4.69, 9.17) is 0 Å². The van der Waals surface area contributed by atoms with E-state index in [1.807, 2.05) is 0 Å². The van der Waals surface area contributed by atoms with Crippen LogP contribution in [0.1, 0.15) is 61.3 Å². The van der Waals surface area contributed by atoms with Gasteiger partial charge in [0.2, 0.25) is 0 Å². The van der Waals surface area contributed by atoms with Crippen molar-refractivity contribution in [1.29, 1.82) is 0 Å². The van der Waals surface area contributed by atoms with E-state index in [9.17, 15) is 0 Å². The van der Waals surface area contributed by atoms with Crippen LogP contribution in [0.15, 0.2) is 0 Å². The van der Waals surface area contributed by atoms with Crippen LogP contribution in [0, 0.1) is 35.0 Å². The summed E-state index contributed by atoms with van der Waals surface area (Å²) < 4.78 is 0. The second-order valence-electron chi connectivity index (χ2n) is 6.86. The molecule has 0 radical (unpaired) electrons. The number of hydrogen-bond acceptors (Lipinski definition) is 0. The average Bonchev–Trinajstić information content (AvgIpc) is 2.20. The van der Waals surface area contributed by atoms with Crippen molar-refractivity contribution >= 4 is 0 Å². The fourth-order valence-corrected chi connectivity index (χ4v) is 3.57. The van der Waals surface area contributed by atoms with Crippen LogP contribution in [0.25, 0.3) is 0 Å². The van der Waals surface area contributed by atoms with Crippen molar-refractivity contribution in [2.24, 2.45) is 35.0 Å². The van der Waals surface area contributed by atoms with E-state index >= 15 is 0 Å². The van der Waals surface area contributed by atoms with Crippen LogP contribution in [0.5, 0.6) is 0 Å². The van der Waals surface area contributed by atoms with Gasteiger partial charge < -0.3 is 0 Å². The molecule has 1 aliphatic carbocycles. The second-order valence-corrected chi connectivity index (χ2v) is 6.86. The first-order chi connectivity index (χ1) is 6.78. The molecule has 4 unspecified atom stereocenters. The molecule has 0 aromatic rings. The van der Waals surface area contributed by atoms with Gasteiger partial charge in [-0.25, -0.2) is 0 Å². The van der Waals surface area contributed by atoms with Gasteiger partial charge >= 0.3 is 0 Å². The molecule has 1 aliphatic rings. The summed E-state index contributed by atoms with van der Waals surface area (Å²) in [6, 6.07) is 0. The van der Waals surface area contributed by atoms with Gasteiger partial charge in [0.15, 0.2) is 0 Å². The SMILES string of the molecule is CC(C)C1CCC(C)C(C)C(C)(C)C1C. The Morgan fingerprint density at radius 1 is 0.933 bits per heavy atom. The lowest BCUT2D eigenvalue weighted by molar-refractivity contribution is 0.0700. The Kier molecular flexibility index (Phi) is 3.90. The Morgan fingerprint density at radius 2 is 1.47 bits per heavy atom. The zero-order valence-electron chi connectivity index (χ0n) is 11.8. The van der Waals surface area contributed by atoms with Crippen LogP contribution >= 0.6 is 0 Å². The summed E-state index contributed by atoms with van der Waals surface area (Å²) >= 11 is 0. The molecule has 0 amide bonds. The van der Waals surface area contributed by atoms with Gasteiger partial charge in [0.25, 0.3) is 0 Å². The maximum absolute atomic E-state index is 2.49. The standard InChI is InChI=1S/C15H30/c1-10(2)14-9-8-11(3)12(4)15(6,7)13(14)5/h10-14H,8-9H2,1-7H3. The first kappa shape index (κ1) is 13.1. The zero-order chi connectivity index (χ0) is 11.8. The summed E-state index contributed by atoms with van der Waals surface area (Å²) in [5.74, 6) is 4.38. The van der Waals surface area contributed by atoms with Crippen molar-refractivity contribution in [2.45, 2.75) is 61.3 Å². The first-order valence-electron chi connectivity index (χ1n) is 6.78. The molecule has 0 heterocycles. The fraction of sp³-hybridized carbons (Fsp3) is 1.00. The molecule has 0 saturated heterocycles. The Hall–Kier alpha value is 0. The topological polar surface area (TPSA) is 0 Å². The van der Waals surface area contributed by atoms with Crippen LogP contribution in [0.4, 0.5) is 0 Å². The largest absolute Gasteiger partial charge is 0.0625 e. The van der Waals surface area contributed by atoms with E-state index in [1.165, 1.54) is 12.8 Å². The minimum atomic E-state index is 0.505. The predicted octanol–water partition coefficient (Wildman–Crippen LogP) is 4.99. The van der Waals surface area contributed by atoms with Gasteiger partial charge in [0, 0.05) is 0 Å². The van der Waals surface area contributed by atoms with Gasteiger partial charge in [-0.3, -0.25) is 0 Å². The Morgan fingerprint density at radius 3 is 1.93 bits per heavy atom. The van der Waals surface area contributed by atoms with E-state index in [-0.39, 0.29) is 0 Å². The lowest BCUT2D eigenvalue weighted by Gasteiger charge is -2.42. The molecule has 0 aromatic carbocycles. The highest BCUT2D eigenvalue weighted by Gasteiger charge is 2.41. The summed E-state index contributed by atoms with van der Waals surface area (Å²) in [7, 11) is 0. The molecule has 4 atom stereocenters. The van der Waals surface area contributed by atoms with Crippen molar-refractivity contribution in [2.75, 3.05) is 0 Å². The molecular formula is C15H30. The lowest BCUT2D eigenvalue weighted by Crippen LogP contribution is -2.35. The van der Waals surface area contributed by atoms with Gasteiger partial charge in [0.1, 0.15) is 0 Å². The second kappa shape index (κ2) is 4.47. The van der Waals surface area contributed by atoms with Crippen molar-refractivity contribution in [3.8, 4) is 0 Å². The van der Waals surface area contributed by atoms with Crippen LogP contribution in [0.3, 0.4) is 0 Å². The van der Waals surface area contributed by atoms with Crippen molar-refractivity contribution < 1.29 is 0 Å². The Labute approximate surface area is 96.8 Å². The van der Waals surface area contributed by atoms with Crippen LogP contribution in [-0.2, 0) is 0 Å². The summed E-state index contributed by atoms with van der Waals surface area (Å²) in [5.41, 5.74) is 0.505. The summed E-state index contributed by atoms with van der Waals surface area (Å²) in [4.78, 5) is 0. The first-order valence-corrected chi connectivity index (χ1v) is 6.78. The van der Waals surface area contributed by atoms with Crippen molar-refractivity contribution in [3.05, 3.63) is 0 Å². The van der Waals surface area contributed by atoms with Gasteiger partial charge in [0.05, 0.1) is 0 Å². The Balaban J connectivity index is 2.93. The molecule has 0 nitrogen and oxygen atoms in total. The van der Waals surface area contributed by atoms with E-state index in [2.05, 4.69) is 48.5 Å². The molecule has 0 heteroatoms. The summed E-state index contributed by atoms with van der Waals surface area (Å²) in [6.45, 7) is 17.2. The van der Waals surface area contributed by atoms with E-state index in [0.29, 0.717) is 5.41 Å². The van der Waals surface area contributed by atoms with E-state index < -0.39 is 0 Å². The zero-order valence-corrected chi connectivity index (χ0v) is 11.8. The van der Waals surface area contributed by atoms with Gasteiger partial charge in [-0.2, -0.15) is 0 Å². The predicted molar refractivity (Wildman–Crippen MR) is 68.8 cm³/mol. The maximum Gasteiger partial charge on any atom is -0.0298 e. The highest BCUT2D eigenvalue weighted by atomic mass is 14.5. The monoisotopic (exact) mass is 210 g/mol. The van der Waals surface area contributed by atoms with Gasteiger partial charge in [-0.1, -0.05) is 54.9 Å². The minimum Gasteiger partial charge on any atom is -0.0625 e. The number of rotatable bonds is 1. The number of hydrogen-bond donors (Lipinski definition) is 0. The molecule has 90 valence electrons. The molecule has 1 saturated carbocycles. The van der Waals surface area contributed by atoms with Crippen molar-refractivity contribution in [3.63, 3.8) is 0 Å².